The summed E-state index contributed by atoms with van der Waals surface area (Å²) in [5.74, 6) is 0.746. The van der Waals surface area contributed by atoms with Gasteiger partial charge in [-0.1, -0.05) is 22.0 Å². The molecule has 0 saturated carbocycles. The summed E-state index contributed by atoms with van der Waals surface area (Å²) in [6, 6.07) is 6.68. The Morgan fingerprint density at radius 1 is 1.27 bits per heavy atom. The molecule has 0 saturated heterocycles. The van der Waals surface area contributed by atoms with Crippen LogP contribution in [-0.4, -0.2) is 34.1 Å². The molecule has 0 radical (unpaired) electrons. The Morgan fingerprint density at radius 3 is 2.69 bits per heavy atom. The summed E-state index contributed by atoms with van der Waals surface area (Å²) < 4.78 is 43.4. The van der Waals surface area contributed by atoms with Gasteiger partial charge in [-0.05, 0) is 23.6 Å². The monoisotopic (exact) mass is 461 g/mol. The first-order valence-corrected chi connectivity index (χ1v) is 10.9. The van der Waals surface area contributed by atoms with E-state index in [1.54, 1.807) is 23.6 Å². The number of sulfonamides is 1. The minimum atomic E-state index is -3.57. The second-order valence-electron chi connectivity index (χ2n) is 5.33. The normalized spacial score (nSPS) is 13.4. The van der Waals surface area contributed by atoms with E-state index < -0.39 is 16.0 Å². The van der Waals surface area contributed by atoms with Gasteiger partial charge in [0, 0.05) is 16.6 Å². The first-order valence-electron chi connectivity index (χ1n) is 7.72. The van der Waals surface area contributed by atoms with Crippen LogP contribution in [0.25, 0.3) is 0 Å². The van der Waals surface area contributed by atoms with Gasteiger partial charge in [0.05, 0.1) is 6.42 Å². The highest BCUT2D eigenvalue weighted by atomic mass is 79.9. The van der Waals surface area contributed by atoms with Gasteiger partial charge >= 0.3 is 5.97 Å². The highest BCUT2D eigenvalue weighted by molar-refractivity contribution is 9.10. The third-order valence-corrected chi connectivity index (χ3v) is 7.08. The fraction of sp³-hybridized carbons (Fsp3) is 0.312. The highest BCUT2D eigenvalue weighted by Gasteiger charge is 2.17. The van der Waals surface area contributed by atoms with Crippen molar-refractivity contribution in [3.8, 4) is 11.5 Å². The van der Waals surface area contributed by atoms with E-state index >= 15 is 0 Å². The molecule has 1 aromatic heterocycles. The number of carbonyl (C=O) groups is 1. The Hall–Kier alpha value is -1.62. The summed E-state index contributed by atoms with van der Waals surface area (Å²) in [6.45, 7) is 0.989. The van der Waals surface area contributed by atoms with Gasteiger partial charge in [0.15, 0.2) is 11.5 Å². The quantitative estimate of drug-likeness (QED) is 0.637. The summed E-state index contributed by atoms with van der Waals surface area (Å²) in [5, 5.41) is 1.67. The predicted molar refractivity (Wildman–Crippen MR) is 99.1 cm³/mol. The third-order valence-electron chi connectivity index (χ3n) is 3.48. The zero-order valence-electron chi connectivity index (χ0n) is 13.6. The number of fused-ring (bicyclic) bond motifs is 1. The van der Waals surface area contributed by atoms with E-state index in [1.807, 2.05) is 0 Å². The van der Waals surface area contributed by atoms with E-state index in [0.717, 1.165) is 21.4 Å². The van der Waals surface area contributed by atoms with Crippen molar-refractivity contribution in [2.45, 2.75) is 17.2 Å². The maximum absolute atomic E-state index is 12.0. The van der Waals surface area contributed by atoms with Crippen LogP contribution < -0.4 is 14.2 Å². The Bertz CT molecular complexity index is 882. The van der Waals surface area contributed by atoms with E-state index in [9.17, 15) is 13.2 Å². The number of benzene rings is 1. The van der Waals surface area contributed by atoms with Crippen molar-refractivity contribution in [1.82, 2.24) is 4.72 Å². The molecule has 0 atom stereocenters. The Morgan fingerprint density at radius 2 is 2.00 bits per heavy atom. The van der Waals surface area contributed by atoms with Gasteiger partial charge in [-0.2, -0.15) is 0 Å². The predicted octanol–water partition coefficient (Wildman–Crippen LogP) is 2.69. The molecule has 0 aliphatic carbocycles. The fourth-order valence-corrected chi connectivity index (χ4v) is 4.73. The Balaban J connectivity index is 1.49. The molecule has 0 spiro atoms. The molecule has 0 unspecified atom stereocenters. The number of halogens is 1. The van der Waals surface area contributed by atoms with Crippen LogP contribution >= 0.6 is 27.3 Å². The minimum Gasteiger partial charge on any atom is -0.486 e. The number of hydrogen-bond donors (Lipinski definition) is 1. The zero-order valence-corrected chi connectivity index (χ0v) is 16.8. The van der Waals surface area contributed by atoms with Crippen LogP contribution in [0.3, 0.4) is 0 Å². The van der Waals surface area contributed by atoms with Crippen LogP contribution in [0.1, 0.15) is 12.0 Å². The second-order valence-corrected chi connectivity index (χ2v) is 9.12. The van der Waals surface area contributed by atoms with Crippen LogP contribution in [0.5, 0.6) is 11.5 Å². The molecule has 2 aromatic rings. The number of esters is 1. The first-order chi connectivity index (χ1) is 12.5. The summed E-state index contributed by atoms with van der Waals surface area (Å²) in [7, 11) is -3.57. The van der Waals surface area contributed by atoms with Crippen molar-refractivity contribution in [2.75, 3.05) is 19.8 Å². The summed E-state index contributed by atoms with van der Waals surface area (Å²) >= 11 is 4.52. The van der Waals surface area contributed by atoms with Crippen molar-refractivity contribution < 1.29 is 27.4 Å². The molecule has 7 nitrogen and oxygen atoms in total. The van der Waals surface area contributed by atoms with Gasteiger partial charge in [0.1, 0.15) is 24.0 Å². The molecule has 0 bridgehead atoms. The van der Waals surface area contributed by atoms with E-state index in [2.05, 4.69) is 20.7 Å². The SMILES string of the molecule is O=C(CCNS(=O)(=O)c1cccs1)OCc1cc2c(cc1Br)OCCO2. The molecule has 1 aromatic carbocycles. The average Bonchev–Trinajstić information content (AvgIpc) is 3.15. The second kappa shape index (κ2) is 8.38. The molecule has 1 aliphatic rings. The topological polar surface area (TPSA) is 90.9 Å². The lowest BCUT2D eigenvalue weighted by atomic mass is 10.2. The van der Waals surface area contributed by atoms with E-state index in [4.69, 9.17) is 14.2 Å². The van der Waals surface area contributed by atoms with Crippen LogP contribution in [0.15, 0.2) is 38.3 Å². The molecule has 1 aliphatic heterocycles. The van der Waals surface area contributed by atoms with Crippen molar-refractivity contribution in [1.29, 1.82) is 0 Å². The third kappa shape index (κ3) is 4.76. The number of rotatable bonds is 7. The Labute approximate surface area is 163 Å². The number of carbonyl (C=O) groups excluding carboxylic acids is 1. The summed E-state index contributed by atoms with van der Waals surface area (Å²) in [4.78, 5) is 11.9. The van der Waals surface area contributed by atoms with Gasteiger partial charge in [-0.15, -0.1) is 11.3 Å². The average molecular weight is 462 g/mol. The van der Waals surface area contributed by atoms with Crippen molar-refractivity contribution in [2.24, 2.45) is 0 Å². The largest absolute Gasteiger partial charge is 0.486 e. The summed E-state index contributed by atoms with van der Waals surface area (Å²) in [6.07, 6.45) is -0.0627. The van der Waals surface area contributed by atoms with Crippen molar-refractivity contribution >= 4 is 43.3 Å². The molecule has 10 heteroatoms. The lowest BCUT2D eigenvalue weighted by Gasteiger charge is -2.19. The maximum Gasteiger partial charge on any atom is 0.307 e. The maximum atomic E-state index is 12.0. The Kier molecular flexibility index (Phi) is 6.17. The van der Waals surface area contributed by atoms with Crippen LogP contribution in [0.4, 0.5) is 0 Å². The van der Waals surface area contributed by atoms with Gasteiger partial charge < -0.3 is 14.2 Å². The van der Waals surface area contributed by atoms with Crippen LogP contribution in [0.2, 0.25) is 0 Å². The molecule has 2 heterocycles. The zero-order chi connectivity index (χ0) is 18.6. The molecule has 0 fully saturated rings. The fourth-order valence-electron chi connectivity index (χ4n) is 2.22. The highest BCUT2D eigenvalue weighted by Crippen LogP contribution is 2.35. The number of ether oxygens (including phenoxy) is 3. The van der Waals surface area contributed by atoms with Crippen LogP contribution in [-0.2, 0) is 26.2 Å². The van der Waals surface area contributed by atoms with Gasteiger partial charge in [0.2, 0.25) is 10.0 Å². The van der Waals surface area contributed by atoms with E-state index in [0.29, 0.717) is 24.7 Å². The first kappa shape index (κ1) is 19.2. The lowest BCUT2D eigenvalue weighted by Crippen LogP contribution is -2.26. The molecule has 140 valence electrons. The molecule has 0 amide bonds. The smallest absolute Gasteiger partial charge is 0.307 e. The molecular weight excluding hydrogens is 446 g/mol. The minimum absolute atomic E-state index is 0.0264. The van der Waals surface area contributed by atoms with E-state index in [1.165, 1.54) is 6.07 Å². The molecule has 26 heavy (non-hydrogen) atoms. The number of thiophene rings is 1. The van der Waals surface area contributed by atoms with Gasteiger partial charge in [0.25, 0.3) is 0 Å². The van der Waals surface area contributed by atoms with Gasteiger partial charge in [-0.3, -0.25) is 4.79 Å². The molecule has 1 N–H and O–H groups in total. The van der Waals surface area contributed by atoms with Crippen molar-refractivity contribution in [3.63, 3.8) is 0 Å². The lowest BCUT2D eigenvalue weighted by molar-refractivity contribution is -0.144. The van der Waals surface area contributed by atoms with Crippen molar-refractivity contribution in [3.05, 3.63) is 39.7 Å². The molecule has 3 rings (SSSR count). The number of hydrogen-bond acceptors (Lipinski definition) is 7. The summed E-state index contributed by atoms with van der Waals surface area (Å²) in [5.41, 5.74) is 0.738. The standard InChI is InChI=1S/C16H16BrNO6S2/c17-12-9-14-13(22-5-6-23-14)8-11(12)10-24-15(19)3-4-18-26(20,21)16-2-1-7-25-16/h1-2,7-9,18H,3-6,10H2. The number of nitrogens with one attached hydrogen (secondary N) is 1. The van der Waals surface area contributed by atoms with E-state index in [-0.39, 0.29) is 23.8 Å². The van der Waals surface area contributed by atoms with Crippen LogP contribution in [0, 0.1) is 0 Å². The van der Waals surface area contributed by atoms with Gasteiger partial charge in [-0.25, -0.2) is 13.1 Å². The molecular formula is C16H16BrNO6S2.